The number of halogens is 1. The van der Waals surface area contributed by atoms with Crippen LogP contribution in [0.3, 0.4) is 0 Å². The number of anilines is 1. The van der Waals surface area contributed by atoms with Crippen molar-refractivity contribution in [1.82, 2.24) is 9.97 Å². The van der Waals surface area contributed by atoms with Crippen LogP contribution in [-0.2, 0) is 0 Å². The summed E-state index contributed by atoms with van der Waals surface area (Å²) in [7, 11) is 0. The lowest BCUT2D eigenvalue weighted by Gasteiger charge is -2.07. The number of nitrogens with zero attached hydrogens (tertiary/aromatic N) is 2. The first kappa shape index (κ1) is 14.6. The summed E-state index contributed by atoms with van der Waals surface area (Å²) in [6.07, 6.45) is 4.46. The summed E-state index contributed by atoms with van der Waals surface area (Å²) < 4.78 is 13.3. The van der Waals surface area contributed by atoms with Gasteiger partial charge in [0.15, 0.2) is 0 Å². The van der Waals surface area contributed by atoms with Crippen molar-refractivity contribution >= 4 is 11.6 Å². The van der Waals surface area contributed by atoms with Crippen LogP contribution in [0.2, 0.25) is 0 Å². The summed E-state index contributed by atoms with van der Waals surface area (Å²) in [6, 6.07) is 3.87. The minimum atomic E-state index is -0.458. The Morgan fingerprint density at radius 1 is 1.38 bits per heavy atom. The molecule has 0 bridgehead atoms. The summed E-state index contributed by atoms with van der Waals surface area (Å²) in [4.78, 5) is 19.7. The van der Waals surface area contributed by atoms with E-state index in [9.17, 15) is 9.18 Å². The highest BCUT2D eigenvalue weighted by Gasteiger charge is 2.10. The molecule has 0 aliphatic heterocycles. The van der Waals surface area contributed by atoms with E-state index in [1.165, 1.54) is 36.8 Å². The van der Waals surface area contributed by atoms with E-state index in [0.29, 0.717) is 11.3 Å². The number of hydrogen-bond acceptors (Lipinski definition) is 4. The molecule has 6 heteroatoms. The van der Waals surface area contributed by atoms with Gasteiger partial charge in [0.05, 0.1) is 24.1 Å². The zero-order chi connectivity index (χ0) is 15.1. The second-order valence-corrected chi connectivity index (χ2v) is 4.01. The van der Waals surface area contributed by atoms with Gasteiger partial charge in [-0.3, -0.25) is 9.78 Å². The minimum Gasteiger partial charge on any atom is -0.395 e. The minimum absolute atomic E-state index is 0.0797. The van der Waals surface area contributed by atoms with Gasteiger partial charge in [-0.15, -0.1) is 0 Å². The summed E-state index contributed by atoms with van der Waals surface area (Å²) in [6.45, 7) is -0.0797. The van der Waals surface area contributed by atoms with Crippen LogP contribution in [0, 0.1) is 17.7 Å². The molecule has 0 saturated heterocycles. The Labute approximate surface area is 120 Å². The van der Waals surface area contributed by atoms with Crippen molar-refractivity contribution in [2.45, 2.75) is 6.42 Å². The molecule has 106 valence electrons. The predicted octanol–water partition coefficient (Wildman–Crippen LogP) is 1.60. The van der Waals surface area contributed by atoms with Crippen LogP contribution >= 0.6 is 0 Å². The van der Waals surface area contributed by atoms with Crippen LogP contribution in [0.5, 0.6) is 0 Å². The van der Waals surface area contributed by atoms with E-state index in [1.54, 1.807) is 0 Å². The average Bonchev–Trinajstić information content (AvgIpc) is 2.51. The lowest BCUT2D eigenvalue weighted by Crippen LogP contribution is -2.14. The smallest absolute Gasteiger partial charge is 0.275 e. The highest BCUT2D eigenvalue weighted by Crippen LogP contribution is 2.16. The van der Waals surface area contributed by atoms with Gasteiger partial charge < -0.3 is 10.4 Å². The Morgan fingerprint density at radius 2 is 2.24 bits per heavy atom. The van der Waals surface area contributed by atoms with Crippen LogP contribution in [0.25, 0.3) is 0 Å². The molecule has 0 fully saturated rings. The molecule has 0 radical (unpaired) electrons. The second-order valence-electron chi connectivity index (χ2n) is 4.01. The number of hydrogen-bond donors (Lipinski definition) is 2. The Kier molecular flexibility index (Phi) is 4.96. The molecule has 5 nitrogen and oxygen atoms in total. The maximum absolute atomic E-state index is 13.3. The number of aliphatic hydroxyl groups excluding tert-OH is 1. The number of nitrogens with one attached hydrogen (secondary N) is 1. The van der Waals surface area contributed by atoms with Gasteiger partial charge in [-0.05, 0) is 18.2 Å². The number of rotatable bonds is 3. The lowest BCUT2D eigenvalue weighted by molar-refractivity contribution is 0.102. The first-order valence-electron chi connectivity index (χ1n) is 6.17. The molecule has 0 saturated carbocycles. The molecule has 0 unspecified atom stereocenters. The van der Waals surface area contributed by atoms with Gasteiger partial charge in [-0.1, -0.05) is 11.8 Å². The average molecular weight is 285 g/mol. The molecule has 0 spiro atoms. The summed E-state index contributed by atoms with van der Waals surface area (Å²) in [5.41, 5.74) is 0.856. The first-order valence-corrected chi connectivity index (χ1v) is 6.17. The van der Waals surface area contributed by atoms with E-state index in [1.807, 2.05) is 0 Å². The van der Waals surface area contributed by atoms with Gasteiger partial charge in [0.1, 0.15) is 11.5 Å². The van der Waals surface area contributed by atoms with E-state index < -0.39 is 11.7 Å². The number of amides is 1. The third-order valence-electron chi connectivity index (χ3n) is 2.49. The molecule has 0 atom stereocenters. The molecule has 1 aromatic carbocycles. The van der Waals surface area contributed by atoms with Crippen molar-refractivity contribution in [3.8, 4) is 11.8 Å². The standard InChI is InChI=1S/C15H12FN3O2/c16-12-4-5-13(11(9-12)3-1-2-8-20)19-15(21)14-10-17-6-7-18-14/h4-7,9-10,20H,2,8H2,(H,19,21). The zero-order valence-electron chi connectivity index (χ0n) is 11.0. The Hall–Kier alpha value is -2.78. The van der Waals surface area contributed by atoms with Crippen molar-refractivity contribution in [3.05, 3.63) is 53.9 Å². The Morgan fingerprint density at radius 3 is 2.95 bits per heavy atom. The van der Waals surface area contributed by atoms with E-state index in [0.717, 1.165) is 0 Å². The van der Waals surface area contributed by atoms with Gasteiger partial charge >= 0.3 is 0 Å². The van der Waals surface area contributed by atoms with Crippen molar-refractivity contribution in [2.24, 2.45) is 0 Å². The van der Waals surface area contributed by atoms with Crippen LogP contribution in [0.4, 0.5) is 10.1 Å². The van der Waals surface area contributed by atoms with Crippen LogP contribution in [0.15, 0.2) is 36.8 Å². The van der Waals surface area contributed by atoms with E-state index in [2.05, 4.69) is 27.1 Å². The molecule has 1 aromatic heterocycles. The van der Waals surface area contributed by atoms with Crippen molar-refractivity contribution in [1.29, 1.82) is 0 Å². The second kappa shape index (κ2) is 7.12. The quantitative estimate of drug-likeness (QED) is 0.840. The lowest BCUT2D eigenvalue weighted by atomic mass is 10.1. The van der Waals surface area contributed by atoms with Crippen molar-refractivity contribution in [3.63, 3.8) is 0 Å². The van der Waals surface area contributed by atoms with Crippen molar-refractivity contribution < 1.29 is 14.3 Å². The highest BCUT2D eigenvalue weighted by molar-refractivity contribution is 6.03. The molecule has 21 heavy (non-hydrogen) atoms. The molecule has 1 heterocycles. The fraction of sp³-hybridized carbons (Fsp3) is 0.133. The molecule has 0 aliphatic rings. The molecule has 0 aliphatic carbocycles. The van der Waals surface area contributed by atoms with Gasteiger partial charge in [0.25, 0.3) is 5.91 Å². The van der Waals surface area contributed by atoms with E-state index >= 15 is 0 Å². The van der Waals surface area contributed by atoms with Crippen LogP contribution < -0.4 is 5.32 Å². The van der Waals surface area contributed by atoms with Gasteiger partial charge in [0.2, 0.25) is 0 Å². The maximum atomic E-state index is 13.3. The van der Waals surface area contributed by atoms with Gasteiger partial charge in [-0.25, -0.2) is 9.37 Å². The van der Waals surface area contributed by atoms with Gasteiger partial charge in [-0.2, -0.15) is 0 Å². The van der Waals surface area contributed by atoms with Crippen LogP contribution in [-0.4, -0.2) is 27.6 Å². The predicted molar refractivity (Wildman–Crippen MR) is 75.0 cm³/mol. The number of aromatic nitrogens is 2. The molecular formula is C15H12FN3O2. The summed E-state index contributed by atoms with van der Waals surface area (Å²) >= 11 is 0. The Balaban J connectivity index is 2.24. The molecule has 2 N–H and O–H groups in total. The first-order chi connectivity index (χ1) is 10.2. The molecule has 2 aromatic rings. The summed E-state index contributed by atoms with van der Waals surface area (Å²) in [5, 5.41) is 11.3. The maximum Gasteiger partial charge on any atom is 0.275 e. The SMILES string of the molecule is O=C(Nc1ccc(F)cc1C#CCCO)c1cnccn1. The molecule has 2 rings (SSSR count). The Bertz CT molecular complexity index is 693. The normalized spacial score (nSPS) is 9.62. The number of carbonyl (C=O) groups is 1. The highest BCUT2D eigenvalue weighted by atomic mass is 19.1. The number of carbonyl (C=O) groups excluding carboxylic acids is 1. The fourth-order valence-electron chi connectivity index (χ4n) is 1.55. The molecular weight excluding hydrogens is 273 g/mol. The third-order valence-corrected chi connectivity index (χ3v) is 2.49. The van der Waals surface area contributed by atoms with E-state index in [4.69, 9.17) is 5.11 Å². The fourth-order valence-corrected chi connectivity index (χ4v) is 1.55. The number of benzene rings is 1. The molecule has 1 amide bonds. The van der Waals surface area contributed by atoms with Gasteiger partial charge in [0, 0.05) is 18.8 Å². The summed E-state index contributed by atoms with van der Waals surface area (Å²) in [5.74, 6) is 4.48. The van der Waals surface area contributed by atoms with Crippen LogP contribution in [0.1, 0.15) is 22.5 Å². The topological polar surface area (TPSA) is 75.1 Å². The monoisotopic (exact) mass is 285 g/mol. The van der Waals surface area contributed by atoms with Crippen molar-refractivity contribution in [2.75, 3.05) is 11.9 Å². The number of aliphatic hydroxyl groups is 1. The largest absolute Gasteiger partial charge is 0.395 e. The van der Waals surface area contributed by atoms with E-state index in [-0.39, 0.29) is 18.7 Å². The zero-order valence-corrected chi connectivity index (χ0v) is 11.0. The third kappa shape index (κ3) is 4.09.